The molecule has 5 heteroatoms. The zero-order valence-electron chi connectivity index (χ0n) is 25.2. The summed E-state index contributed by atoms with van der Waals surface area (Å²) in [5.74, 6) is 1.81. The molecule has 0 aliphatic rings. The van der Waals surface area contributed by atoms with Gasteiger partial charge >= 0.3 is 0 Å². The maximum atomic E-state index is 6.69. The molecule has 220 valence electrons. The Kier molecular flexibility index (Phi) is 6.39. The minimum Gasteiger partial charge on any atom is -0.455 e. The summed E-state index contributed by atoms with van der Waals surface area (Å²) in [5.41, 5.74) is 8.69. The van der Waals surface area contributed by atoms with Crippen molar-refractivity contribution < 1.29 is 4.42 Å². The van der Waals surface area contributed by atoms with E-state index < -0.39 is 0 Å². The Hall–Kier alpha value is -6.46. The van der Waals surface area contributed by atoms with Gasteiger partial charge in [-0.05, 0) is 52.4 Å². The van der Waals surface area contributed by atoms with E-state index in [4.69, 9.17) is 19.4 Å². The number of pyridine rings is 1. The third kappa shape index (κ3) is 4.82. The van der Waals surface area contributed by atoms with Crippen molar-refractivity contribution >= 4 is 32.7 Å². The second-order valence-corrected chi connectivity index (χ2v) is 11.5. The molecule has 0 aliphatic carbocycles. The first-order valence-corrected chi connectivity index (χ1v) is 15.5. The van der Waals surface area contributed by atoms with Crippen LogP contribution >= 0.6 is 0 Å². The first kappa shape index (κ1) is 26.9. The summed E-state index contributed by atoms with van der Waals surface area (Å²) >= 11 is 0. The lowest BCUT2D eigenvalue weighted by atomic mass is 9.97. The summed E-state index contributed by atoms with van der Waals surface area (Å²) < 4.78 is 6.69. The van der Waals surface area contributed by atoms with Gasteiger partial charge in [0.2, 0.25) is 0 Å². The molecule has 6 aromatic carbocycles. The lowest BCUT2D eigenvalue weighted by Crippen LogP contribution is -2.00. The van der Waals surface area contributed by atoms with E-state index >= 15 is 0 Å². The molecule has 0 radical (unpaired) electrons. The van der Waals surface area contributed by atoms with Crippen molar-refractivity contribution in [3.8, 4) is 56.4 Å². The van der Waals surface area contributed by atoms with E-state index in [0.717, 1.165) is 71.7 Å². The van der Waals surface area contributed by atoms with Crippen molar-refractivity contribution in [2.75, 3.05) is 0 Å². The fourth-order valence-corrected chi connectivity index (χ4v) is 6.28. The van der Waals surface area contributed by atoms with Crippen LogP contribution in [-0.4, -0.2) is 19.9 Å². The number of hydrogen-bond donors (Lipinski definition) is 0. The van der Waals surface area contributed by atoms with Gasteiger partial charge in [0.1, 0.15) is 11.2 Å². The minimum atomic E-state index is 0.586. The van der Waals surface area contributed by atoms with E-state index in [-0.39, 0.29) is 0 Å². The monoisotopic (exact) mass is 602 g/mol. The normalized spacial score (nSPS) is 11.4. The molecule has 0 fully saturated rings. The maximum absolute atomic E-state index is 6.69. The number of rotatable bonds is 5. The fourth-order valence-electron chi connectivity index (χ4n) is 6.28. The molecular formula is C42H26N4O. The molecule has 3 aromatic heterocycles. The van der Waals surface area contributed by atoms with Gasteiger partial charge in [-0.2, -0.15) is 0 Å². The number of fused-ring (bicyclic) bond motifs is 4. The lowest BCUT2D eigenvalue weighted by Gasteiger charge is -2.11. The second-order valence-electron chi connectivity index (χ2n) is 11.5. The maximum Gasteiger partial charge on any atom is 0.164 e. The van der Waals surface area contributed by atoms with Gasteiger partial charge in [-0.3, -0.25) is 4.98 Å². The molecule has 0 unspecified atom stereocenters. The molecule has 3 heterocycles. The van der Waals surface area contributed by atoms with Crippen LogP contribution in [0.5, 0.6) is 0 Å². The molecule has 0 bridgehead atoms. The molecule has 0 saturated carbocycles. The van der Waals surface area contributed by atoms with E-state index in [1.54, 1.807) is 0 Å². The van der Waals surface area contributed by atoms with Crippen LogP contribution in [0.4, 0.5) is 0 Å². The lowest BCUT2D eigenvalue weighted by molar-refractivity contribution is 0.670. The Morgan fingerprint density at radius 3 is 1.68 bits per heavy atom. The van der Waals surface area contributed by atoms with Crippen LogP contribution in [0.25, 0.3) is 89.1 Å². The van der Waals surface area contributed by atoms with E-state index in [1.807, 2.05) is 73.1 Å². The Balaban J connectivity index is 1.30. The Labute approximate surface area is 270 Å². The fraction of sp³-hybridized carbons (Fsp3) is 0. The average Bonchev–Trinajstić information content (AvgIpc) is 3.53. The SMILES string of the molecule is c1ccc(-c2ccc(-c3nc(-c4ccccc4)nc(-c4ccc(-c5ccccc5)c5oc6cc7cnccc7cc6c45)n3)cc2)cc1. The zero-order valence-corrected chi connectivity index (χ0v) is 25.2. The van der Waals surface area contributed by atoms with Crippen molar-refractivity contribution in [1.29, 1.82) is 0 Å². The Morgan fingerprint density at radius 1 is 0.426 bits per heavy atom. The minimum absolute atomic E-state index is 0.586. The number of benzene rings is 6. The third-order valence-corrected chi connectivity index (χ3v) is 8.62. The summed E-state index contributed by atoms with van der Waals surface area (Å²) in [7, 11) is 0. The van der Waals surface area contributed by atoms with E-state index in [0.29, 0.717) is 17.5 Å². The zero-order chi connectivity index (χ0) is 31.2. The predicted molar refractivity (Wildman–Crippen MR) is 190 cm³/mol. The van der Waals surface area contributed by atoms with Crippen molar-refractivity contribution in [2.24, 2.45) is 0 Å². The number of nitrogens with zero attached hydrogens (tertiary/aromatic N) is 4. The van der Waals surface area contributed by atoms with Gasteiger partial charge in [-0.1, -0.05) is 115 Å². The van der Waals surface area contributed by atoms with Crippen molar-refractivity contribution in [3.63, 3.8) is 0 Å². The highest BCUT2D eigenvalue weighted by molar-refractivity contribution is 6.18. The van der Waals surface area contributed by atoms with Crippen molar-refractivity contribution in [3.05, 3.63) is 158 Å². The van der Waals surface area contributed by atoms with Gasteiger partial charge in [0.25, 0.3) is 0 Å². The van der Waals surface area contributed by atoms with Gasteiger partial charge in [0.05, 0.1) is 0 Å². The summed E-state index contributed by atoms with van der Waals surface area (Å²) in [6.45, 7) is 0. The first-order chi connectivity index (χ1) is 23.3. The van der Waals surface area contributed by atoms with E-state index in [2.05, 4.69) is 89.9 Å². The van der Waals surface area contributed by atoms with Gasteiger partial charge in [0.15, 0.2) is 17.5 Å². The highest BCUT2D eigenvalue weighted by atomic mass is 16.3. The largest absolute Gasteiger partial charge is 0.455 e. The molecule has 5 nitrogen and oxygen atoms in total. The Morgan fingerprint density at radius 2 is 0.979 bits per heavy atom. The molecule has 0 amide bonds. The topological polar surface area (TPSA) is 64.7 Å². The van der Waals surface area contributed by atoms with Crippen molar-refractivity contribution in [2.45, 2.75) is 0 Å². The standard InChI is InChI=1S/C42H26N4O/c1-4-10-27(11-5-1)28-16-18-31(19-17-28)41-44-40(30-14-8-3-9-15-30)45-42(46-41)35-21-20-34(29-12-6-2-7-13-29)39-38(35)36-24-32-22-23-43-26-33(32)25-37(36)47-39/h1-26H. The summed E-state index contributed by atoms with van der Waals surface area (Å²) in [5, 5.41) is 4.08. The highest BCUT2D eigenvalue weighted by Crippen LogP contribution is 2.42. The first-order valence-electron chi connectivity index (χ1n) is 15.5. The van der Waals surface area contributed by atoms with Gasteiger partial charge < -0.3 is 4.42 Å². The second kappa shape index (κ2) is 11.2. The molecule has 0 aliphatic heterocycles. The summed E-state index contributed by atoms with van der Waals surface area (Å²) in [4.78, 5) is 19.5. The van der Waals surface area contributed by atoms with Crippen LogP contribution in [0, 0.1) is 0 Å². The van der Waals surface area contributed by atoms with E-state index in [9.17, 15) is 0 Å². The van der Waals surface area contributed by atoms with E-state index in [1.165, 1.54) is 0 Å². The number of hydrogen-bond acceptors (Lipinski definition) is 5. The number of furan rings is 1. The molecule has 9 aromatic rings. The molecule has 47 heavy (non-hydrogen) atoms. The molecule has 0 spiro atoms. The third-order valence-electron chi connectivity index (χ3n) is 8.62. The van der Waals surface area contributed by atoms with Crippen LogP contribution in [0.3, 0.4) is 0 Å². The molecule has 0 N–H and O–H groups in total. The van der Waals surface area contributed by atoms with Gasteiger partial charge in [-0.25, -0.2) is 15.0 Å². The summed E-state index contributed by atoms with van der Waals surface area (Å²) in [6, 6.07) is 49.7. The van der Waals surface area contributed by atoms with Gasteiger partial charge in [0, 0.05) is 50.8 Å². The predicted octanol–water partition coefficient (Wildman–Crippen LogP) is 10.7. The average molecular weight is 603 g/mol. The van der Waals surface area contributed by atoms with Crippen LogP contribution in [0.15, 0.2) is 162 Å². The molecule has 0 atom stereocenters. The number of aromatic nitrogens is 4. The Bertz CT molecular complexity index is 2540. The van der Waals surface area contributed by atoms with Crippen LogP contribution in [0.2, 0.25) is 0 Å². The summed E-state index contributed by atoms with van der Waals surface area (Å²) in [6.07, 6.45) is 3.69. The quantitative estimate of drug-likeness (QED) is 0.196. The van der Waals surface area contributed by atoms with Crippen molar-refractivity contribution in [1.82, 2.24) is 19.9 Å². The molecule has 9 rings (SSSR count). The van der Waals surface area contributed by atoms with Crippen LogP contribution in [0.1, 0.15) is 0 Å². The van der Waals surface area contributed by atoms with Gasteiger partial charge in [-0.15, -0.1) is 0 Å². The highest BCUT2D eigenvalue weighted by Gasteiger charge is 2.21. The molecular weight excluding hydrogens is 576 g/mol. The molecule has 0 saturated heterocycles. The van der Waals surface area contributed by atoms with Crippen LogP contribution in [-0.2, 0) is 0 Å². The smallest absolute Gasteiger partial charge is 0.164 e. The van der Waals surface area contributed by atoms with Crippen LogP contribution < -0.4 is 0 Å².